The number of ether oxygens (including phenoxy) is 3. The molecule has 0 spiro atoms. The molecule has 0 aliphatic heterocycles. The Hall–Kier alpha value is -2.69. The summed E-state index contributed by atoms with van der Waals surface area (Å²) < 4.78 is 16.8. The SMILES string of the molecule is COc1ccc(CNCc2cccc(OC)c2OCc2ccc(Cl)cc2)cc1. The van der Waals surface area contributed by atoms with Crippen LogP contribution in [0.25, 0.3) is 0 Å². The molecule has 3 rings (SSSR count). The van der Waals surface area contributed by atoms with Crippen molar-refractivity contribution in [2.24, 2.45) is 0 Å². The summed E-state index contributed by atoms with van der Waals surface area (Å²) in [6.45, 7) is 1.86. The van der Waals surface area contributed by atoms with Crippen LogP contribution in [-0.4, -0.2) is 14.2 Å². The van der Waals surface area contributed by atoms with Gasteiger partial charge in [-0.15, -0.1) is 0 Å². The second-order valence-corrected chi connectivity index (χ2v) is 6.75. The van der Waals surface area contributed by atoms with Gasteiger partial charge in [0.05, 0.1) is 14.2 Å². The molecule has 4 nitrogen and oxygen atoms in total. The van der Waals surface area contributed by atoms with E-state index >= 15 is 0 Å². The van der Waals surface area contributed by atoms with Gasteiger partial charge in [-0.1, -0.05) is 48.0 Å². The van der Waals surface area contributed by atoms with E-state index in [1.165, 1.54) is 5.56 Å². The van der Waals surface area contributed by atoms with Gasteiger partial charge in [0.2, 0.25) is 0 Å². The average molecular weight is 398 g/mol. The van der Waals surface area contributed by atoms with Crippen LogP contribution < -0.4 is 19.5 Å². The third-order valence-electron chi connectivity index (χ3n) is 4.38. The molecule has 1 N–H and O–H groups in total. The Bertz CT molecular complexity index is 879. The normalized spacial score (nSPS) is 10.5. The predicted octanol–water partition coefficient (Wildman–Crippen LogP) is 5.23. The molecule has 0 aliphatic carbocycles. The number of para-hydroxylation sites is 1. The standard InChI is InChI=1S/C23H24ClNO3/c1-26-21-12-8-17(9-13-21)14-25-15-19-4-3-5-22(27-2)23(19)28-16-18-6-10-20(24)11-7-18/h3-13,25H,14-16H2,1-2H3. The summed E-state index contributed by atoms with van der Waals surface area (Å²) in [5.41, 5.74) is 3.28. The lowest BCUT2D eigenvalue weighted by Crippen LogP contribution is -2.14. The highest BCUT2D eigenvalue weighted by Crippen LogP contribution is 2.32. The van der Waals surface area contributed by atoms with Crippen LogP contribution >= 0.6 is 11.6 Å². The molecule has 0 atom stereocenters. The molecule has 0 fully saturated rings. The van der Waals surface area contributed by atoms with E-state index in [1.807, 2.05) is 54.6 Å². The molecule has 0 saturated heterocycles. The fourth-order valence-corrected chi connectivity index (χ4v) is 2.97. The lowest BCUT2D eigenvalue weighted by atomic mass is 10.1. The van der Waals surface area contributed by atoms with Crippen LogP contribution in [0.2, 0.25) is 5.02 Å². The monoisotopic (exact) mass is 397 g/mol. The molecule has 28 heavy (non-hydrogen) atoms. The van der Waals surface area contributed by atoms with Crippen molar-refractivity contribution < 1.29 is 14.2 Å². The lowest BCUT2D eigenvalue weighted by molar-refractivity contribution is 0.280. The van der Waals surface area contributed by atoms with Crippen LogP contribution in [0.15, 0.2) is 66.7 Å². The first-order valence-electron chi connectivity index (χ1n) is 9.06. The quantitative estimate of drug-likeness (QED) is 0.537. The lowest BCUT2D eigenvalue weighted by Gasteiger charge is -2.16. The van der Waals surface area contributed by atoms with Gasteiger partial charge in [0.15, 0.2) is 11.5 Å². The molecule has 0 heterocycles. The van der Waals surface area contributed by atoms with Crippen molar-refractivity contribution in [2.75, 3.05) is 14.2 Å². The van der Waals surface area contributed by atoms with Gasteiger partial charge in [-0.25, -0.2) is 0 Å². The topological polar surface area (TPSA) is 39.7 Å². The van der Waals surface area contributed by atoms with Crippen molar-refractivity contribution in [3.8, 4) is 17.2 Å². The van der Waals surface area contributed by atoms with Gasteiger partial charge in [-0.3, -0.25) is 0 Å². The minimum Gasteiger partial charge on any atom is -0.497 e. The smallest absolute Gasteiger partial charge is 0.166 e. The van der Waals surface area contributed by atoms with Crippen LogP contribution in [0, 0.1) is 0 Å². The maximum Gasteiger partial charge on any atom is 0.166 e. The first-order valence-corrected chi connectivity index (χ1v) is 9.44. The van der Waals surface area contributed by atoms with Crippen molar-refractivity contribution in [1.29, 1.82) is 0 Å². The first kappa shape index (κ1) is 20.1. The molecule has 146 valence electrons. The van der Waals surface area contributed by atoms with Gasteiger partial charge in [-0.05, 0) is 41.5 Å². The summed E-state index contributed by atoms with van der Waals surface area (Å²) in [6.07, 6.45) is 0. The van der Waals surface area contributed by atoms with Crippen molar-refractivity contribution in [3.63, 3.8) is 0 Å². The summed E-state index contributed by atoms with van der Waals surface area (Å²) in [5, 5.41) is 4.17. The van der Waals surface area contributed by atoms with Gasteiger partial charge < -0.3 is 19.5 Å². The minimum atomic E-state index is 0.447. The van der Waals surface area contributed by atoms with Gasteiger partial charge in [0, 0.05) is 23.7 Å². The molecule has 0 unspecified atom stereocenters. The molecule has 3 aromatic rings. The molecule has 0 bridgehead atoms. The Labute approximate surface area is 171 Å². The molecule has 0 aliphatic rings. The summed E-state index contributed by atoms with van der Waals surface area (Å²) in [5.74, 6) is 2.33. The molecule has 0 amide bonds. The number of hydrogen-bond acceptors (Lipinski definition) is 4. The Kier molecular flexibility index (Phi) is 7.18. The van der Waals surface area contributed by atoms with Crippen molar-refractivity contribution in [2.45, 2.75) is 19.7 Å². The van der Waals surface area contributed by atoms with Gasteiger partial charge >= 0.3 is 0 Å². The van der Waals surface area contributed by atoms with E-state index < -0.39 is 0 Å². The van der Waals surface area contributed by atoms with Crippen molar-refractivity contribution >= 4 is 11.6 Å². The highest BCUT2D eigenvalue weighted by atomic mass is 35.5. The third kappa shape index (κ3) is 5.41. The zero-order valence-corrected chi connectivity index (χ0v) is 16.8. The molecule has 3 aromatic carbocycles. The van der Waals surface area contributed by atoms with Gasteiger partial charge in [0.25, 0.3) is 0 Å². The van der Waals surface area contributed by atoms with Gasteiger partial charge in [-0.2, -0.15) is 0 Å². The first-order chi connectivity index (χ1) is 13.7. The van der Waals surface area contributed by atoms with Crippen LogP contribution in [0.1, 0.15) is 16.7 Å². The van der Waals surface area contributed by atoms with Crippen LogP contribution in [0.5, 0.6) is 17.2 Å². The van der Waals surface area contributed by atoms with E-state index in [9.17, 15) is 0 Å². The molecular weight excluding hydrogens is 374 g/mol. The number of rotatable bonds is 9. The molecular formula is C23H24ClNO3. The number of hydrogen-bond donors (Lipinski definition) is 1. The Morgan fingerprint density at radius 3 is 2.18 bits per heavy atom. The summed E-state index contributed by atoms with van der Waals surface area (Å²) in [4.78, 5) is 0. The second-order valence-electron chi connectivity index (χ2n) is 6.32. The third-order valence-corrected chi connectivity index (χ3v) is 4.63. The van der Waals surface area contributed by atoms with Crippen LogP contribution in [0.3, 0.4) is 0 Å². The number of halogens is 1. The minimum absolute atomic E-state index is 0.447. The summed E-state index contributed by atoms with van der Waals surface area (Å²) in [7, 11) is 3.32. The highest BCUT2D eigenvalue weighted by molar-refractivity contribution is 6.30. The fraction of sp³-hybridized carbons (Fsp3) is 0.217. The Balaban J connectivity index is 1.65. The molecule has 0 aromatic heterocycles. The number of nitrogens with one attached hydrogen (secondary N) is 1. The Morgan fingerprint density at radius 1 is 0.786 bits per heavy atom. The molecule has 0 radical (unpaired) electrons. The predicted molar refractivity (Wildman–Crippen MR) is 112 cm³/mol. The van der Waals surface area contributed by atoms with Crippen molar-refractivity contribution in [3.05, 3.63) is 88.4 Å². The average Bonchev–Trinajstić information content (AvgIpc) is 2.74. The van der Waals surface area contributed by atoms with Crippen LogP contribution in [0.4, 0.5) is 0 Å². The Morgan fingerprint density at radius 2 is 1.50 bits per heavy atom. The maximum atomic E-state index is 6.09. The zero-order chi connectivity index (χ0) is 19.8. The highest BCUT2D eigenvalue weighted by Gasteiger charge is 2.11. The zero-order valence-electron chi connectivity index (χ0n) is 16.1. The maximum absolute atomic E-state index is 6.09. The van der Waals surface area contributed by atoms with Gasteiger partial charge in [0.1, 0.15) is 12.4 Å². The summed E-state index contributed by atoms with van der Waals surface area (Å²) >= 11 is 5.95. The molecule has 0 saturated carbocycles. The fourth-order valence-electron chi connectivity index (χ4n) is 2.85. The molecule has 5 heteroatoms. The van der Waals surface area contributed by atoms with E-state index in [4.69, 9.17) is 25.8 Å². The summed E-state index contributed by atoms with van der Waals surface area (Å²) in [6, 6.07) is 21.6. The van der Waals surface area contributed by atoms with E-state index in [0.29, 0.717) is 18.2 Å². The van der Waals surface area contributed by atoms with Crippen LogP contribution in [-0.2, 0) is 19.7 Å². The largest absolute Gasteiger partial charge is 0.497 e. The second kappa shape index (κ2) is 10.0. The van der Waals surface area contributed by atoms with E-state index in [2.05, 4.69) is 17.4 Å². The van der Waals surface area contributed by atoms with E-state index in [-0.39, 0.29) is 0 Å². The van der Waals surface area contributed by atoms with Crippen molar-refractivity contribution in [1.82, 2.24) is 5.32 Å². The van der Waals surface area contributed by atoms with E-state index in [0.717, 1.165) is 34.9 Å². The number of benzene rings is 3. The number of methoxy groups -OCH3 is 2. The van der Waals surface area contributed by atoms with E-state index in [1.54, 1.807) is 14.2 Å².